The number of nitrogens with one attached hydrogen (secondary N) is 1. The summed E-state index contributed by atoms with van der Waals surface area (Å²) < 4.78 is 11.3. The van der Waals surface area contributed by atoms with Crippen molar-refractivity contribution in [2.75, 3.05) is 13.7 Å². The molecule has 0 radical (unpaired) electrons. The molecule has 3 aromatic carbocycles. The van der Waals surface area contributed by atoms with Crippen LogP contribution in [-0.2, 0) is 4.79 Å². The molecule has 0 atom stereocenters. The van der Waals surface area contributed by atoms with E-state index in [0.29, 0.717) is 11.4 Å². The number of carbonyl (C=O) groups is 1. The Morgan fingerprint density at radius 2 is 1.86 bits per heavy atom. The molecule has 13 heteroatoms. The molecule has 0 aromatic heterocycles. The number of carbonyl (C=O) groups excluding carboxylic acids is 1. The molecule has 3 aromatic rings. The van der Waals surface area contributed by atoms with Gasteiger partial charge in [-0.05, 0) is 42.5 Å². The number of hydrogen-bond donors (Lipinski definition) is 2. The number of methoxy groups -OCH3 is 1. The third-order valence-electron chi connectivity index (χ3n) is 4.29. The highest BCUT2D eigenvalue weighted by molar-refractivity contribution is 9.10. The van der Waals surface area contributed by atoms with Gasteiger partial charge in [-0.15, -0.1) is 0 Å². The number of ether oxygens (including phenoxy) is 2. The van der Waals surface area contributed by atoms with E-state index in [2.05, 4.69) is 36.7 Å². The van der Waals surface area contributed by atoms with Crippen LogP contribution in [0.1, 0.15) is 5.56 Å². The van der Waals surface area contributed by atoms with Crippen molar-refractivity contribution in [3.63, 3.8) is 0 Å². The molecule has 11 nitrogen and oxygen atoms in total. The molecule has 0 heterocycles. The zero-order valence-electron chi connectivity index (χ0n) is 18.0. The summed E-state index contributed by atoms with van der Waals surface area (Å²) in [5.41, 5.74) is 3.01. The van der Waals surface area contributed by atoms with Crippen molar-refractivity contribution in [1.29, 1.82) is 0 Å². The van der Waals surface area contributed by atoms with E-state index in [4.69, 9.17) is 21.1 Å². The van der Waals surface area contributed by atoms with Crippen LogP contribution in [-0.4, -0.2) is 35.9 Å². The van der Waals surface area contributed by atoms with Gasteiger partial charge in [0.2, 0.25) is 0 Å². The van der Waals surface area contributed by atoms with E-state index in [1.807, 2.05) is 12.1 Å². The topological polar surface area (TPSA) is 148 Å². The molecule has 0 unspecified atom stereocenters. The van der Waals surface area contributed by atoms with Gasteiger partial charge in [0, 0.05) is 27.2 Å². The zero-order chi connectivity index (χ0) is 25.4. The summed E-state index contributed by atoms with van der Waals surface area (Å²) in [6.07, 6.45) is 1.18. The first-order valence-electron chi connectivity index (χ1n) is 9.73. The number of azo groups is 1. The van der Waals surface area contributed by atoms with E-state index in [1.165, 1.54) is 37.6 Å². The molecule has 35 heavy (non-hydrogen) atoms. The minimum Gasteiger partial charge on any atom is -0.504 e. The van der Waals surface area contributed by atoms with Gasteiger partial charge in [0.1, 0.15) is 0 Å². The van der Waals surface area contributed by atoms with Crippen LogP contribution in [0.4, 0.5) is 17.1 Å². The first-order valence-corrected chi connectivity index (χ1v) is 10.9. The van der Waals surface area contributed by atoms with Gasteiger partial charge in [0.15, 0.2) is 23.9 Å². The number of halogens is 2. The van der Waals surface area contributed by atoms with Crippen molar-refractivity contribution in [1.82, 2.24) is 5.43 Å². The van der Waals surface area contributed by atoms with E-state index >= 15 is 0 Å². The highest BCUT2D eigenvalue weighted by Gasteiger charge is 2.17. The molecule has 3 rings (SSSR count). The molecule has 0 saturated heterocycles. The average Bonchev–Trinajstić information content (AvgIpc) is 2.84. The standard InChI is InChI=1S/C22H17BrClN5O6/c1-34-20-10-17(27-26-16-5-2-14(23)3-6-16)8-13(22(20)31)11-25-28-21(30)12-35-19-7-4-15(24)9-18(19)29(32)33/h2-11,31H,12H2,1H3,(H,28,30). The fraction of sp³-hybridized carbons (Fsp3) is 0.0909. The van der Waals surface area contributed by atoms with Gasteiger partial charge in [0.05, 0.1) is 29.6 Å². The van der Waals surface area contributed by atoms with Gasteiger partial charge in [-0.2, -0.15) is 15.3 Å². The smallest absolute Gasteiger partial charge is 0.312 e. The molecule has 2 N–H and O–H groups in total. The molecule has 0 aliphatic heterocycles. The van der Waals surface area contributed by atoms with E-state index < -0.39 is 17.4 Å². The molecular formula is C22H17BrClN5O6. The lowest BCUT2D eigenvalue weighted by Crippen LogP contribution is -2.24. The zero-order valence-corrected chi connectivity index (χ0v) is 20.4. The Balaban J connectivity index is 1.67. The second-order valence-electron chi connectivity index (χ2n) is 6.71. The fourth-order valence-electron chi connectivity index (χ4n) is 2.65. The Kier molecular flexibility index (Phi) is 8.70. The first kappa shape index (κ1) is 25.6. The van der Waals surface area contributed by atoms with Crippen LogP contribution >= 0.6 is 27.5 Å². The minimum atomic E-state index is -0.692. The van der Waals surface area contributed by atoms with Crippen LogP contribution in [0.3, 0.4) is 0 Å². The number of phenolic OH excluding ortho intramolecular Hbond substituents is 1. The lowest BCUT2D eigenvalue weighted by atomic mass is 10.2. The third kappa shape index (κ3) is 7.22. The molecule has 1 amide bonds. The van der Waals surface area contributed by atoms with Crippen molar-refractivity contribution in [3.05, 3.63) is 79.8 Å². The lowest BCUT2D eigenvalue weighted by Gasteiger charge is -2.08. The number of nitrogens with zero attached hydrogens (tertiary/aromatic N) is 4. The van der Waals surface area contributed by atoms with E-state index in [9.17, 15) is 20.0 Å². The van der Waals surface area contributed by atoms with Gasteiger partial charge < -0.3 is 14.6 Å². The average molecular weight is 563 g/mol. The van der Waals surface area contributed by atoms with E-state index in [1.54, 1.807) is 12.1 Å². The highest BCUT2D eigenvalue weighted by atomic mass is 79.9. The Hall–Kier alpha value is -4.03. The maximum absolute atomic E-state index is 12.0. The molecule has 0 saturated carbocycles. The first-order chi connectivity index (χ1) is 16.8. The van der Waals surface area contributed by atoms with Crippen LogP contribution in [0, 0.1) is 10.1 Å². The second kappa shape index (κ2) is 11.9. The van der Waals surface area contributed by atoms with Crippen molar-refractivity contribution in [3.8, 4) is 17.2 Å². The normalized spacial score (nSPS) is 11.1. The Morgan fingerprint density at radius 3 is 2.54 bits per heavy atom. The number of hydrogen-bond acceptors (Lipinski definition) is 9. The summed E-state index contributed by atoms with van der Waals surface area (Å²) in [5.74, 6) is -0.905. The van der Waals surface area contributed by atoms with Crippen LogP contribution in [0.5, 0.6) is 17.2 Å². The number of phenols is 1. The van der Waals surface area contributed by atoms with Crippen molar-refractivity contribution < 1.29 is 24.3 Å². The fourth-order valence-corrected chi connectivity index (χ4v) is 3.08. The van der Waals surface area contributed by atoms with Crippen molar-refractivity contribution in [2.24, 2.45) is 15.3 Å². The van der Waals surface area contributed by atoms with Crippen LogP contribution in [0.2, 0.25) is 5.02 Å². The lowest BCUT2D eigenvalue weighted by molar-refractivity contribution is -0.385. The summed E-state index contributed by atoms with van der Waals surface area (Å²) in [5, 5.41) is 33.6. The van der Waals surface area contributed by atoms with Gasteiger partial charge in [0.25, 0.3) is 5.91 Å². The van der Waals surface area contributed by atoms with Crippen molar-refractivity contribution in [2.45, 2.75) is 0 Å². The van der Waals surface area contributed by atoms with E-state index in [-0.39, 0.29) is 33.5 Å². The van der Waals surface area contributed by atoms with Gasteiger partial charge in [-0.1, -0.05) is 27.5 Å². The molecule has 0 fully saturated rings. The maximum Gasteiger partial charge on any atom is 0.312 e. The number of hydrazone groups is 1. The number of amides is 1. The Bertz CT molecular complexity index is 1300. The second-order valence-corrected chi connectivity index (χ2v) is 8.07. The highest BCUT2D eigenvalue weighted by Crippen LogP contribution is 2.34. The summed E-state index contributed by atoms with van der Waals surface area (Å²) in [4.78, 5) is 22.5. The number of aromatic hydroxyl groups is 1. The summed E-state index contributed by atoms with van der Waals surface area (Å²) in [7, 11) is 1.38. The monoisotopic (exact) mass is 561 g/mol. The van der Waals surface area contributed by atoms with Crippen LogP contribution in [0.25, 0.3) is 0 Å². The van der Waals surface area contributed by atoms with Gasteiger partial charge >= 0.3 is 5.69 Å². The van der Waals surface area contributed by atoms with Gasteiger partial charge in [-0.3, -0.25) is 14.9 Å². The number of benzene rings is 3. The predicted molar refractivity (Wildman–Crippen MR) is 132 cm³/mol. The summed E-state index contributed by atoms with van der Waals surface area (Å²) >= 11 is 9.09. The van der Waals surface area contributed by atoms with Crippen LogP contribution in [0.15, 0.2) is 74.4 Å². The summed E-state index contributed by atoms with van der Waals surface area (Å²) in [6.45, 7) is -0.545. The third-order valence-corrected chi connectivity index (χ3v) is 5.05. The Labute approximate surface area is 212 Å². The largest absolute Gasteiger partial charge is 0.504 e. The SMILES string of the molecule is COc1cc(N=Nc2ccc(Br)cc2)cc(C=NNC(=O)COc2ccc(Cl)cc2[N+](=O)[O-])c1O. The summed E-state index contributed by atoms with van der Waals surface area (Å²) in [6, 6.07) is 14.0. The molecule has 0 spiro atoms. The van der Waals surface area contributed by atoms with Gasteiger partial charge in [-0.25, -0.2) is 5.43 Å². The number of nitro groups is 1. The molecule has 0 bridgehead atoms. The predicted octanol–water partition coefficient (Wildman–Crippen LogP) is 5.67. The molecule has 0 aliphatic rings. The van der Waals surface area contributed by atoms with Crippen LogP contribution < -0.4 is 14.9 Å². The molecule has 0 aliphatic carbocycles. The maximum atomic E-state index is 12.0. The Morgan fingerprint density at radius 1 is 1.14 bits per heavy atom. The minimum absolute atomic E-state index is 0.121. The van der Waals surface area contributed by atoms with Crippen molar-refractivity contribution >= 4 is 56.7 Å². The molecule has 180 valence electrons. The number of rotatable bonds is 9. The quantitative estimate of drug-likeness (QED) is 0.149. The van der Waals surface area contributed by atoms with E-state index in [0.717, 1.165) is 10.5 Å². The number of nitro benzene ring substituents is 1. The molecular weight excluding hydrogens is 546 g/mol.